The van der Waals surface area contributed by atoms with Gasteiger partial charge >= 0.3 is 12.7 Å². The van der Waals surface area contributed by atoms with Gasteiger partial charge in [-0.25, -0.2) is 0 Å². The van der Waals surface area contributed by atoms with E-state index in [9.17, 15) is 31.6 Å². The second kappa shape index (κ2) is 11.1. The van der Waals surface area contributed by atoms with E-state index in [1.165, 1.54) is 48.5 Å². The Morgan fingerprint density at radius 3 is 1.33 bits per heavy atom. The highest BCUT2D eigenvalue weighted by Crippen LogP contribution is 2.36. The van der Waals surface area contributed by atoms with Crippen LogP contribution in [0.15, 0.2) is 107 Å². The second-order valence-corrected chi connectivity index (χ2v) is 10.7. The van der Waals surface area contributed by atoms with Crippen molar-refractivity contribution in [3.8, 4) is 39.9 Å². The van der Waals surface area contributed by atoms with E-state index in [2.05, 4.69) is 24.5 Å². The number of fused-ring (bicyclic) bond motifs is 6. The van der Waals surface area contributed by atoms with Crippen molar-refractivity contribution in [2.24, 2.45) is 10.1 Å². The van der Waals surface area contributed by atoms with E-state index in [0.29, 0.717) is 54.5 Å². The average Bonchev–Trinajstić information content (AvgIpc) is 3.50. The molecule has 12 heteroatoms. The summed E-state index contributed by atoms with van der Waals surface area (Å²) in [5.41, 5.74) is 2.63. The number of alkyl halides is 6. The van der Waals surface area contributed by atoms with E-state index < -0.39 is 12.7 Å². The van der Waals surface area contributed by atoms with Crippen LogP contribution in [0, 0.1) is 18.0 Å². The zero-order valence-electron chi connectivity index (χ0n) is 24.1. The summed E-state index contributed by atoms with van der Waals surface area (Å²) in [6, 6.07) is 25.6. The van der Waals surface area contributed by atoms with Crippen molar-refractivity contribution in [3.05, 3.63) is 119 Å². The lowest BCUT2D eigenvalue weighted by Crippen LogP contribution is -2.16. The number of nitriles is 1. The maximum Gasteiger partial charge on any atom is 0.573 e. The zero-order valence-corrected chi connectivity index (χ0v) is 24.1. The maximum atomic E-state index is 12.6. The molecule has 7 aromatic rings. The Morgan fingerprint density at radius 1 is 0.521 bits per heavy atom. The molecule has 0 bridgehead atoms. The van der Waals surface area contributed by atoms with Crippen LogP contribution >= 0.6 is 0 Å². The molecule has 0 saturated heterocycles. The Kier molecular flexibility index (Phi) is 7.02. The molecular weight excluding hydrogens is 634 g/mol. The van der Waals surface area contributed by atoms with E-state index in [1.54, 1.807) is 0 Å². The normalized spacial score (nSPS) is 13.0. The van der Waals surface area contributed by atoms with Crippen molar-refractivity contribution in [3.63, 3.8) is 0 Å². The highest BCUT2D eigenvalue weighted by molar-refractivity contribution is 6.21. The summed E-state index contributed by atoms with van der Waals surface area (Å²) >= 11 is 0. The predicted octanol–water partition coefficient (Wildman–Crippen LogP) is 9.42. The van der Waals surface area contributed by atoms with Crippen LogP contribution in [0.2, 0.25) is 0 Å². The molecule has 6 nitrogen and oxygen atoms in total. The van der Waals surface area contributed by atoms with E-state index in [4.69, 9.17) is 6.57 Å². The molecule has 48 heavy (non-hydrogen) atoms. The summed E-state index contributed by atoms with van der Waals surface area (Å²) in [5, 5.41) is 20.3. The minimum Gasteiger partial charge on any atom is -0.406 e. The van der Waals surface area contributed by atoms with Gasteiger partial charge in [0.05, 0.1) is 10.5 Å². The van der Waals surface area contributed by atoms with E-state index in [1.807, 2.05) is 54.7 Å². The Labute approximate surface area is 266 Å². The van der Waals surface area contributed by atoms with Crippen molar-refractivity contribution in [2.45, 2.75) is 12.7 Å². The van der Waals surface area contributed by atoms with Crippen LogP contribution in [0.1, 0.15) is 0 Å². The van der Waals surface area contributed by atoms with Gasteiger partial charge in [-0.1, -0.05) is 48.5 Å². The van der Waals surface area contributed by atoms with Gasteiger partial charge in [-0.15, -0.1) is 31.3 Å². The lowest BCUT2D eigenvalue weighted by atomic mass is 10.0. The first-order valence-electron chi connectivity index (χ1n) is 14.0. The Bertz CT molecular complexity index is 2420. The molecular formula is C36H16F6N4O2. The summed E-state index contributed by atoms with van der Waals surface area (Å²) in [6.07, 6.45) is -7.75. The van der Waals surface area contributed by atoms with E-state index in [-0.39, 0.29) is 11.5 Å². The molecule has 0 amide bonds. The molecule has 0 atom stereocenters. The molecule has 0 unspecified atom stereocenters. The molecule has 234 valence electrons. The first kappa shape index (κ1) is 30.3. The lowest BCUT2D eigenvalue weighted by Gasteiger charge is -2.09. The molecule has 7 rings (SSSR count). The van der Waals surface area contributed by atoms with Crippen molar-refractivity contribution < 1.29 is 35.8 Å². The van der Waals surface area contributed by atoms with Crippen LogP contribution in [-0.4, -0.2) is 12.7 Å². The predicted molar refractivity (Wildman–Crippen MR) is 166 cm³/mol. The molecule has 0 fully saturated rings. The number of halogens is 6. The van der Waals surface area contributed by atoms with Crippen LogP contribution in [0.25, 0.3) is 70.3 Å². The zero-order chi connectivity index (χ0) is 33.8. The quantitative estimate of drug-likeness (QED) is 0.0825. The monoisotopic (exact) mass is 650 g/mol. The van der Waals surface area contributed by atoms with Crippen LogP contribution in [0.5, 0.6) is 11.5 Å². The molecule has 0 aliphatic rings. The van der Waals surface area contributed by atoms with Gasteiger partial charge in [0.1, 0.15) is 11.5 Å². The molecule has 7 aromatic carbocycles. The number of nitrogens with zero attached hydrogens (tertiary/aromatic N) is 4. The van der Waals surface area contributed by atoms with Crippen LogP contribution in [0.4, 0.5) is 26.3 Å². The molecule has 0 aliphatic heterocycles. The summed E-state index contributed by atoms with van der Waals surface area (Å²) in [4.78, 5) is 7.43. The third-order valence-corrected chi connectivity index (χ3v) is 7.95. The standard InChI is InChI=1S/C36H16F6N4O2/c1-44-46-34-30-15-22(20-4-10-24(11-5-20)48-36(40,41)42)7-13-26(30)28-16-31-27(17-32(28)34)25-12-6-21(14-29(25)33(31)45-18-43)19-2-8-23(9-3-19)47-35(37,38)39/h2-17H/b45-33?,46-34-. The topological polar surface area (TPSA) is 71.3 Å². The second-order valence-electron chi connectivity index (χ2n) is 10.7. The fourth-order valence-corrected chi connectivity index (χ4v) is 6.06. The smallest absolute Gasteiger partial charge is 0.406 e. The lowest BCUT2D eigenvalue weighted by molar-refractivity contribution is -0.275. The van der Waals surface area contributed by atoms with Crippen molar-refractivity contribution in [2.75, 3.05) is 0 Å². The highest BCUT2D eigenvalue weighted by atomic mass is 19.4. The first-order chi connectivity index (χ1) is 22.9. The van der Waals surface area contributed by atoms with Gasteiger partial charge in [-0.3, -0.25) is 0 Å². The van der Waals surface area contributed by atoms with Gasteiger partial charge in [0, 0.05) is 21.5 Å². The number of hydrogen-bond acceptors (Lipinski definition) is 5. The first-order valence-corrected chi connectivity index (χ1v) is 14.0. The minimum absolute atomic E-state index is 0.347. The Balaban J connectivity index is 1.38. The SMILES string of the molecule is [C-]#[N+]/N=c1/c2cc(-c3ccc(OC(F)(F)F)cc3)ccc2c2cc3c(=NC#N)c4cc(-c5ccc(OC(F)(F)F)cc5)ccc4c3cc12. The molecule has 0 saturated carbocycles. The van der Waals surface area contributed by atoms with Crippen molar-refractivity contribution in [1.82, 2.24) is 0 Å². The molecule has 0 aliphatic carbocycles. The molecule has 0 aromatic heterocycles. The third-order valence-electron chi connectivity index (χ3n) is 7.95. The maximum absolute atomic E-state index is 12.6. The Hall–Kier alpha value is -6.40. The van der Waals surface area contributed by atoms with E-state index in [0.717, 1.165) is 21.5 Å². The fraction of sp³-hybridized carbons (Fsp3) is 0.0556. The summed E-state index contributed by atoms with van der Waals surface area (Å²) in [5.74, 6) is -0.695. The summed E-state index contributed by atoms with van der Waals surface area (Å²) < 4.78 is 83.7. The summed E-state index contributed by atoms with van der Waals surface area (Å²) in [6.45, 7) is 7.49. The minimum atomic E-state index is -4.81. The molecule has 0 heterocycles. The van der Waals surface area contributed by atoms with Gasteiger partial charge in [-0.05, 0) is 92.3 Å². The molecule has 0 N–H and O–H groups in total. The number of benzene rings is 5. The van der Waals surface area contributed by atoms with Crippen molar-refractivity contribution in [1.29, 1.82) is 5.26 Å². The number of ether oxygens (including phenoxy) is 2. The van der Waals surface area contributed by atoms with Crippen LogP contribution < -0.4 is 20.2 Å². The molecule has 0 spiro atoms. The van der Waals surface area contributed by atoms with Gasteiger partial charge < -0.3 is 9.47 Å². The molecule has 0 radical (unpaired) electrons. The van der Waals surface area contributed by atoms with Crippen LogP contribution in [0.3, 0.4) is 0 Å². The number of hydrogen-bond donors (Lipinski definition) is 0. The van der Waals surface area contributed by atoms with Crippen molar-refractivity contribution >= 4 is 43.1 Å². The van der Waals surface area contributed by atoms with Gasteiger partial charge in [0.2, 0.25) is 6.19 Å². The average molecular weight is 651 g/mol. The largest absolute Gasteiger partial charge is 0.573 e. The fourth-order valence-electron chi connectivity index (χ4n) is 6.06. The van der Waals surface area contributed by atoms with Crippen LogP contribution in [-0.2, 0) is 0 Å². The third kappa shape index (κ3) is 5.50. The van der Waals surface area contributed by atoms with Gasteiger partial charge in [0.15, 0.2) is 5.36 Å². The Morgan fingerprint density at radius 2 is 0.917 bits per heavy atom. The van der Waals surface area contributed by atoms with Gasteiger partial charge in [-0.2, -0.15) is 16.8 Å². The van der Waals surface area contributed by atoms with Gasteiger partial charge in [0.25, 0.3) is 0 Å². The summed E-state index contributed by atoms with van der Waals surface area (Å²) in [7, 11) is 0. The number of rotatable bonds is 4. The van der Waals surface area contributed by atoms with E-state index >= 15 is 0 Å². The highest BCUT2D eigenvalue weighted by Gasteiger charge is 2.31.